The molecule has 0 unspecified atom stereocenters. The first-order valence-corrected chi connectivity index (χ1v) is 6.65. The molecule has 0 fully saturated rings. The Balaban J connectivity index is 1.96. The molecule has 5 nitrogen and oxygen atoms in total. The van der Waals surface area contributed by atoms with Crippen LogP contribution in [0.1, 0.15) is 0 Å². The first-order chi connectivity index (χ1) is 9.65. The van der Waals surface area contributed by atoms with Gasteiger partial charge in [0.25, 0.3) is 0 Å². The van der Waals surface area contributed by atoms with Crippen LogP contribution in [0.25, 0.3) is 0 Å². The Labute approximate surface area is 120 Å². The molecule has 106 valence electrons. The van der Waals surface area contributed by atoms with Gasteiger partial charge in [-0.15, -0.1) is 0 Å². The molecule has 0 saturated heterocycles. The quantitative estimate of drug-likeness (QED) is 0.872. The molecule has 5 heteroatoms. The molecule has 0 radical (unpaired) electrons. The van der Waals surface area contributed by atoms with Gasteiger partial charge in [-0.3, -0.25) is 0 Å². The van der Waals surface area contributed by atoms with Gasteiger partial charge in [-0.25, -0.2) is 9.97 Å². The number of benzene rings is 1. The fourth-order valence-electron chi connectivity index (χ4n) is 1.77. The van der Waals surface area contributed by atoms with Crippen LogP contribution in [-0.4, -0.2) is 49.1 Å². The van der Waals surface area contributed by atoms with Crippen LogP contribution in [0.4, 0.5) is 17.3 Å². The number of hydrogen-bond donors (Lipinski definition) is 1. The Morgan fingerprint density at radius 1 is 0.950 bits per heavy atom. The minimum absolute atomic E-state index is 0.612. The van der Waals surface area contributed by atoms with Gasteiger partial charge in [0.05, 0.1) is 0 Å². The zero-order valence-electron chi connectivity index (χ0n) is 12.2. The van der Waals surface area contributed by atoms with Crippen LogP contribution in [-0.2, 0) is 0 Å². The van der Waals surface area contributed by atoms with E-state index in [1.54, 1.807) is 18.5 Å². The van der Waals surface area contributed by atoms with Crippen molar-refractivity contribution in [3.05, 3.63) is 42.7 Å². The Morgan fingerprint density at radius 3 is 2.20 bits per heavy atom. The second-order valence-corrected chi connectivity index (χ2v) is 4.97. The van der Waals surface area contributed by atoms with Crippen molar-refractivity contribution in [2.45, 2.75) is 0 Å². The molecule has 1 heterocycles. The van der Waals surface area contributed by atoms with E-state index in [4.69, 9.17) is 0 Å². The third kappa shape index (κ3) is 4.20. The molecule has 1 aromatic heterocycles. The standard InChI is InChI=1S/C15H21N5/c1-19(2)11-12-20(3)14-7-5-13(6-8-14)18-15-16-9-4-10-17-15/h4-10H,11-12H2,1-3H3,(H,16,17,18). The number of rotatable bonds is 6. The van der Waals surface area contributed by atoms with Crippen LogP contribution in [0.15, 0.2) is 42.7 Å². The van der Waals surface area contributed by atoms with Gasteiger partial charge in [0.2, 0.25) is 5.95 Å². The van der Waals surface area contributed by atoms with E-state index in [0.717, 1.165) is 18.8 Å². The van der Waals surface area contributed by atoms with Crippen molar-refractivity contribution >= 4 is 17.3 Å². The van der Waals surface area contributed by atoms with Gasteiger partial charge in [-0.2, -0.15) is 0 Å². The fourth-order valence-corrected chi connectivity index (χ4v) is 1.77. The van der Waals surface area contributed by atoms with Crippen molar-refractivity contribution in [1.29, 1.82) is 0 Å². The number of likely N-dealkylation sites (N-methyl/N-ethyl adjacent to an activating group) is 2. The Hall–Kier alpha value is -2.14. The van der Waals surface area contributed by atoms with Gasteiger partial charge in [0, 0.05) is 43.9 Å². The molecule has 1 aromatic carbocycles. The summed E-state index contributed by atoms with van der Waals surface area (Å²) in [6, 6.07) is 10.1. The smallest absolute Gasteiger partial charge is 0.227 e. The van der Waals surface area contributed by atoms with Gasteiger partial charge >= 0.3 is 0 Å². The first-order valence-electron chi connectivity index (χ1n) is 6.65. The predicted molar refractivity (Wildman–Crippen MR) is 83.6 cm³/mol. The van der Waals surface area contributed by atoms with Gasteiger partial charge in [-0.1, -0.05) is 0 Å². The van der Waals surface area contributed by atoms with E-state index < -0.39 is 0 Å². The summed E-state index contributed by atoms with van der Waals surface area (Å²) in [5.74, 6) is 0.612. The van der Waals surface area contributed by atoms with Gasteiger partial charge < -0.3 is 15.1 Å². The van der Waals surface area contributed by atoms with Crippen LogP contribution in [0, 0.1) is 0 Å². The van der Waals surface area contributed by atoms with Gasteiger partial charge in [0.1, 0.15) is 0 Å². The minimum atomic E-state index is 0.612. The van der Waals surface area contributed by atoms with Crippen molar-refractivity contribution < 1.29 is 0 Å². The molecule has 1 N–H and O–H groups in total. The van der Waals surface area contributed by atoms with E-state index in [-0.39, 0.29) is 0 Å². The maximum Gasteiger partial charge on any atom is 0.227 e. The summed E-state index contributed by atoms with van der Waals surface area (Å²) in [6.07, 6.45) is 3.44. The molecule has 2 aromatic rings. The van der Waals surface area contributed by atoms with Crippen LogP contribution in [0.2, 0.25) is 0 Å². The summed E-state index contributed by atoms with van der Waals surface area (Å²) in [5.41, 5.74) is 2.19. The molecule has 0 aliphatic carbocycles. The number of aromatic nitrogens is 2. The van der Waals surface area contributed by atoms with Crippen LogP contribution >= 0.6 is 0 Å². The summed E-state index contributed by atoms with van der Waals surface area (Å²) >= 11 is 0. The molecule has 0 bridgehead atoms. The molecule has 0 atom stereocenters. The third-order valence-corrected chi connectivity index (χ3v) is 3.01. The number of nitrogens with zero attached hydrogens (tertiary/aromatic N) is 4. The molecular weight excluding hydrogens is 250 g/mol. The Bertz CT molecular complexity index is 510. The summed E-state index contributed by atoms with van der Waals surface area (Å²) in [7, 11) is 6.27. The zero-order valence-corrected chi connectivity index (χ0v) is 12.2. The highest BCUT2D eigenvalue weighted by Gasteiger charge is 2.02. The molecule has 0 aliphatic heterocycles. The van der Waals surface area contributed by atoms with E-state index in [1.165, 1.54) is 5.69 Å². The largest absolute Gasteiger partial charge is 0.373 e. The molecule has 20 heavy (non-hydrogen) atoms. The second kappa shape index (κ2) is 6.86. The second-order valence-electron chi connectivity index (χ2n) is 4.97. The maximum atomic E-state index is 4.14. The minimum Gasteiger partial charge on any atom is -0.373 e. The van der Waals surface area contributed by atoms with Crippen molar-refractivity contribution in [2.24, 2.45) is 0 Å². The predicted octanol–water partition coefficient (Wildman–Crippen LogP) is 2.22. The average Bonchev–Trinajstić information content (AvgIpc) is 2.46. The first kappa shape index (κ1) is 14.3. The normalized spacial score (nSPS) is 10.6. The molecule has 0 spiro atoms. The third-order valence-electron chi connectivity index (χ3n) is 3.01. The monoisotopic (exact) mass is 271 g/mol. The highest BCUT2D eigenvalue weighted by atomic mass is 15.2. The van der Waals surface area contributed by atoms with Crippen molar-refractivity contribution in [3.63, 3.8) is 0 Å². The van der Waals surface area contributed by atoms with Crippen LogP contribution in [0.5, 0.6) is 0 Å². The Morgan fingerprint density at radius 2 is 1.60 bits per heavy atom. The van der Waals surface area contributed by atoms with E-state index in [2.05, 4.69) is 58.4 Å². The van der Waals surface area contributed by atoms with E-state index in [0.29, 0.717) is 5.95 Å². The summed E-state index contributed by atoms with van der Waals surface area (Å²) < 4.78 is 0. The van der Waals surface area contributed by atoms with Gasteiger partial charge in [-0.05, 0) is 44.4 Å². The van der Waals surface area contributed by atoms with Gasteiger partial charge in [0.15, 0.2) is 0 Å². The average molecular weight is 271 g/mol. The highest BCUT2D eigenvalue weighted by Crippen LogP contribution is 2.18. The number of nitrogens with one attached hydrogen (secondary N) is 1. The number of anilines is 3. The molecular formula is C15H21N5. The van der Waals surface area contributed by atoms with E-state index >= 15 is 0 Å². The highest BCUT2D eigenvalue weighted by molar-refractivity contribution is 5.58. The molecule has 0 aliphatic rings. The topological polar surface area (TPSA) is 44.3 Å². The Kier molecular flexibility index (Phi) is 4.90. The maximum absolute atomic E-state index is 4.14. The molecule has 0 saturated carbocycles. The lowest BCUT2D eigenvalue weighted by atomic mass is 10.2. The fraction of sp³-hybridized carbons (Fsp3) is 0.333. The number of hydrogen-bond acceptors (Lipinski definition) is 5. The van der Waals surface area contributed by atoms with E-state index in [1.807, 2.05) is 12.1 Å². The van der Waals surface area contributed by atoms with Crippen molar-refractivity contribution in [1.82, 2.24) is 14.9 Å². The lowest BCUT2D eigenvalue weighted by molar-refractivity contribution is 0.416. The molecule has 0 amide bonds. The van der Waals surface area contributed by atoms with Crippen molar-refractivity contribution in [2.75, 3.05) is 44.4 Å². The zero-order chi connectivity index (χ0) is 14.4. The lowest BCUT2D eigenvalue weighted by Crippen LogP contribution is -2.28. The van der Waals surface area contributed by atoms with Crippen LogP contribution in [0.3, 0.4) is 0 Å². The van der Waals surface area contributed by atoms with E-state index in [9.17, 15) is 0 Å². The summed E-state index contributed by atoms with van der Waals surface area (Å²) in [6.45, 7) is 2.04. The van der Waals surface area contributed by atoms with Crippen LogP contribution < -0.4 is 10.2 Å². The molecule has 2 rings (SSSR count). The SMILES string of the molecule is CN(C)CCN(C)c1ccc(Nc2ncccn2)cc1. The lowest BCUT2D eigenvalue weighted by Gasteiger charge is -2.21. The van der Waals surface area contributed by atoms with Crippen molar-refractivity contribution in [3.8, 4) is 0 Å². The summed E-state index contributed by atoms with van der Waals surface area (Å²) in [5, 5.41) is 3.17. The summed E-state index contributed by atoms with van der Waals surface area (Å²) in [4.78, 5) is 12.7.